The molecule has 1 amide bonds. The molecule has 150 valence electrons. The zero-order valence-corrected chi connectivity index (χ0v) is 17.2. The van der Waals surface area contributed by atoms with Gasteiger partial charge in [-0.15, -0.1) is 0 Å². The molecule has 1 aliphatic rings. The summed E-state index contributed by atoms with van der Waals surface area (Å²) in [4.78, 5) is 24.8. The van der Waals surface area contributed by atoms with Gasteiger partial charge in [-0.1, -0.05) is 56.5 Å². The molecule has 0 unspecified atom stereocenters. The average molecular weight is 404 g/mol. The number of nitrogens with zero attached hydrogens (tertiary/aromatic N) is 2. The molecular formula is C21H26ClN3O3. The number of nitrogens with one attached hydrogen (secondary N) is 1. The number of para-hydroxylation sites is 1. The maximum Gasteiger partial charge on any atom is 0.343 e. The molecule has 0 bridgehead atoms. The highest BCUT2D eigenvalue weighted by molar-refractivity contribution is 6.33. The number of halogens is 1. The molecule has 3 rings (SSSR count). The van der Waals surface area contributed by atoms with E-state index in [4.69, 9.17) is 16.3 Å². The van der Waals surface area contributed by atoms with Gasteiger partial charge in [0, 0.05) is 6.04 Å². The molecule has 28 heavy (non-hydrogen) atoms. The van der Waals surface area contributed by atoms with Crippen molar-refractivity contribution >= 4 is 23.5 Å². The van der Waals surface area contributed by atoms with Crippen LogP contribution in [0.1, 0.15) is 49.2 Å². The van der Waals surface area contributed by atoms with Crippen molar-refractivity contribution in [1.82, 2.24) is 15.1 Å². The van der Waals surface area contributed by atoms with Gasteiger partial charge in [0.25, 0.3) is 5.91 Å². The van der Waals surface area contributed by atoms with Crippen molar-refractivity contribution in [2.24, 2.45) is 11.8 Å². The second-order valence-electron chi connectivity index (χ2n) is 7.52. The highest BCUT2D eigenvalue weighted by atomic mass is 35.5. The summed E-state index contributed by atoms with van der Waals surface area (Å²) in [5, 5.41) is 7.49. The Labute approximate surface area is 170 Å². The lowest BCUT2D eigenvalue weighted by molar-refractivity contribution is -0.125. The van der Waals surface area contributed by atoms with Crippen LogP contribution in [0.3, 0.4) is 0 Å². The molecule has 1 saturated carbocycles. The summed E-state index contributed by atoms with van der Waals surface area (Å²) in [6.45, 7) is 5.72. The SMILES string of the molecule is Cc1nn(-c2ccccc2)c(Cl)c1C(=O)OCC(=O)N[C@H]1CCC[C@@H](C)[C@@H]1C. The van der Waals surface area contributed by atoms with Gasteiger partial charge in [0.1, 0.15) is 10.7 Å². The van der Waals surface area contributed by atoms with E-state index in [9.17, 15) is 9.59 Å². The van der Waals surface area contributed by atoms with Gasteiger partial charge in [0.2, 0.25) is 0 Å². The Morgan fingerprint density at radius 2 is 1.96 bits per heavy atom. The summed E-state index contributed by atoms with van der Waals surface area (Å²) in [5.41, 5.74) is 1.37. The molecule has 0 radical (unpaired) electrons. The Morgan fingerprint density at radius 3 is 2.68 bits per heavy atom. The van der Waals surface area contributed by atoms with Gasteiger partial charge in [-0.2, -0.15) is 5.10 Å². The summed E-state index contributed by atoms with van der Waals surface area (Å²) in [7, 11) is 0. The molecule has 2 aromatic rings. The summed E-state index contributed by atoms with van der Waals surface area (Å²) in [5.74, 6) is 0.0505. The monoisotopic (exact) mass is 403 g/mol. The first kappa shape index (κ1) is 20.4. The molecule has 0 spiro atoms. The van der Waals surface area contributed by atoms with Crippen LogP contribution in [-0.4, -0.2) is 34.3 Å². The normalized spacial score (nSPS) is 21.9. The predicted molar refractivity (Wildman–Crippen MR) is 108 cm³/mol. The van der Waals surface area contributed by atoms with Crippen molar-refractivity contribution in [2.75, 3.05) is 6.61 Å². The largest absolute Gasteiger partial charge is 0.452 e. The molecule has 6 nitrogen and oxygen atoms in total. The second kappa shape index (κ2) is 8.78. The summed E-state index contributed by atoms with van der Waals surface area (Å²) in [6.07, 6.45) is 3.25. The van der Waals surface area contributed by atoms with E-state index in [-0.39, 0.29) is 29.3 Å². The number of aromatic nitrogens is 2. The maximum absolute atomic E-state index is 12.5. The van der Waals surface area contributed by atoms with Crippen LogP contribution in [0.15, 0.2) is 30.3 Å². The van der Waals surface area contributed by atoms with Gasteiger partial charge in [-0.05, 0) is 37.3 Å². The molecule has 1 fully saturated rings. The molecule has 1 N–H and O–H groups in total. The van der Waals surface area contributed by atoms with Crippen molar-refractivity contribution in [3.05, 3.63) is 46.7 Å². The van der Waals surface area contributed by atoms with E-state index in [2.05, 4.69) is 24.3 Å². The van der Waals surface area contributed by atoms with Crippen molar-refractivity contribution < 1.29 is 14.3 Å². The number of benzene rings is 1. The fourth-order valence-electron chi connectivity index (χ4n) is 3.71. The van der Waals surface area contributed by atoms with E-state index in [1.165, 1.54) is 11.1 Å². The number of aryl methyl sites for hydroxylation is 1. The Kier molecular flexibility index (Phi) is 6.39. The average Bonchev–Trinajstić information content (AvgIpc) is 2.98. The van der Waals surface area contributed by atoms with Crippen LogP contribution >= 0.6 is 11.6 Å². The fourth-order valence-corrected chi connectivity index (χ4v) is 4.06. The molecule has 0 saturated heterocycles. The molecule has 1 aromatic heterocycles. The lowest BCUT2D eigenvalue weighted by Gasteiger charge is -2.34. The second-order valence-corrected chi connectivity index (χ2v) is 7.87. The van der Waals surface area contributed by atoms with E-state index in [1.54, 1.807) is 6.92 Å². The number of hydrogen-bond acceptors (Lipinski definition) is 4. The number of hydrogen-bond donors (Lipinski definition) is 1. The van der Waals surface area contributed by atoms with Crippen LogP contribution in [0.2, 0.25) is 5.15 Å². The quantitative estimate of drug-likeness (QED) is 0.767. The van der Waals surface area contributed by atoms with Crippen molar-refractivity contribution in [1.29, 1.82) is 0 Å². The van der Waals surface area contributed by atoms with Gasteiger partial charge in [0.05, 0.1) is 11.4 Å². The Balaban J connectivity index is 1.62. The molecule has 0 aliphatic heterocycles. The number of carbonyl (C=O) groups is 2. The summed E-state index contributed by atoms with van der Waals surface area (Å²) in [6, 6.07) is 9.41. The first-order chi connectivity index (χ1) is 13.4. The first-order valence-electron chi connectivity index (χ1n) is 9.65. The van der Waals surface area contributed by atoms with E-state index in [1.807, 2.05) is 30.3 Å². The van der Waals surface area contributed by atoms with Gasteiger partial charge in [-0.25, -0.2) is 9.48 Å². The number of ether oxygens (including phenoxy) is 1. The third-order valence-electron chi connectivity index (χ3n) is 5.60. The fraction of sp³-hybridized carbons (Fsp3) is 0.476. The van der Waals surface area contributed by atoms with Gasteiger partial charge in [-0.3, -0.25) is 4.79 Å². The lowest BCUT2D eigenvalue weighted by Crippen LogP contribution is -2.45. The lowest BCUT2D eigenvalue weighted by atomic mass is 9.78. The van der Waals surface area contributed by atoms with Crippen LogP contribution < -0.4 is 5.32 Å². The smallest absolute Gasteiger partial charge is 0.343 e. The van der Waals surface area contributed by atoms with Crippen LogP contribution in [0.25, 0.3) is 5.69 Å². The summed E-state index contributed by atoms with van der Waals surface area (Å²) >= 11 is 6.36. The standard InChI is InChI=1S/C21H26ClN3O3/c1-13-8-7-11-17(14(13)2)23-18(26)12-28-21(27)19-15(3)24-25(20(19)22)16-9-5-4-6-10-16/h4-6,9-10,13-14,17H,7-8,11-12H2,1-3H3,(H,23,26)/t13-,14+,17+/m1/s1. The highest BCUT2D eigenvalue weighted by Crippen LogP contribution is 2.29. The number of esters is 1. The molecular weight excluding hydrogens is 378 g/mol. The van der Waals surface area contributed by atoms with Gasteiger partial charge < -0.3 is 10.1 Å². The van der Waals surface area contributed by atoms with E-state index < -0.39 is 5.97 Å². The number of rotatable bonds is 5. The van der Waals surface area contributed by atoms with Crippen molar-refractivity contribution in [3.8, 4) is 5.69 Å². The van der Waals surface area contributed by atoms with Crippen LogP contribution in [-0.2, 0) is 9.53 Å². The highest BCUT2D eigenvalue weighted by Gasteiger charge is 2.29. The molecule has 7 heteroatoms. The van der Waals surface area contributed by atoms with E-state index in [0.717, 1.165) is 18.5 Å². The minimum atomic E-state index is -0.648. The maximum atomic E-state index is 12.5. The van der Waals surface area contributed by atoms with Crippen LogP contribution in [0.4, 0.5) is 0 Å². The number of carbonyl (C=O) groups excluding carboxylic acids is 2. The van der Waals surface area contributed by atoms with Crippen molar-refractivity contribution in [2.45, 2.75) is 46.1 Å². The topological polar surface area (TPSA) is 73.2 Å². The molecule has 3 atom stereocenters. The minimum Gasteiger partial charge on any atom is -0.452 e. The Morgan fingerprint density at radius 1 is 1.25 bits per heavy atom. The molecule has 1 aliphatic carbocycles. The van der Waals surface area contributed by atoms with Crippen LogP contribution in [0, 0.1) is 18.8 Å². The minimum absolute atomic E-state index is 0.126. The van der Waals surface area contributed by atoms with E-state index in [0.29, 0.717) is 17.5 Å². The Bertz CT molecular complexity index is 850. The van der Waals surface area contributed by atoms with Crippen molar-refractivity contribution in [3.63, 3.8) is 0 Å². The van der Waals surface area contributed by atoms with Crippen LogP contribution in [0.5, 0.6) is 0 Å². The Hall–Kier alpha value is -2.34. The molecule has 1 heterocycles. The van der Waals surface area contributed by atoms with E-state index >= 15 is 0 Å². The van der Waals surface area contributed by atoms with Gasteiger partial charge >= 0.3 is 5.97 Å². The van der Waals surface area contributed by atoms with Gasteiger partial charge in [0.15, 0.2) is 6.61 Å². The third-order valence-corrected chi connectivity index (χ3v) is 5.95. The third kappa shape index (κ3) is 4.38. The first-order valence-corrected chi connectivity index (χ1v) is 10.0. The predicted octanol–water partition coefficient (Wildman–Crippen LogP) is 3.93. The zero-order valence-electron chi connectivity index (χ0n) is 16.4. The molecule has 1 aromatic carbocycles. The number of amides is 1. The summed E-state index contributed by atoms with van der Waals surface area (Å²) < 4.78 is 6.70. The zero-order chi connectivity index (χ0) is 20.3.